The highest BCUT2D eigenvalue weighted by atomic mass is 32.2. The fourth-order valence-electron chi connectivity index (χ4n) is 3.06. The van der Waals surface area contributed by atoms with Gasteiger partial charge >= 0.3 is 0 Å². The van der Waals surface area contributed by atoms with Crippen LogP contribution in [-0.4, -0.2) is 51.7 Å². The molecule has 0 radical (unpaired) electrons. The molecule has 0 heterocycles. The summed E-state index contributed by atoms with van der Waals surface area (Å²) >= 11 is 0. The molecule has 1 fully saturated rings. The molecule has 0 unspecified atom stereocenters. The van der Waals surface area contributed by atoms with Crippen LogP contribution in [0.5, 0.6) is 0 Å². The Morgan fingerprint density at radius 2 is 1.96 bits per heavy atom. The fraction of sp³-hybridized carbons (Fsp3) is 0.588. The van der Waals surface area contributed by atoms with Gasteiger partial charge in [0.2, 0.25) is 0 Å². The van der Waals surface area contributed by atoms with Crippen LogP contribution in [0.2, 0.25) is 0 Å². The molecule has 150 valence electrons. The molecule has 1 saturated carbocycles. The summed E-state index contributed by atoms with van der Waals surface area (Å²) in [6.45, 7) is 0.932. The van der Waals surface area contributed by atoms with Gasteiger partial charge in [-0.25, -0.2) is 8.42 Å². The maximum Gasteiger partial charge on any atom is 0.293 e. The van der Waals surface area contributed by atoms with Crippen LogP contribution in [0.4, 0.5) is 11.4 Å². The summed E-state index contributed by atoms with van der Waals surface area (Å²) in [6, 6.07) is 4.29. The lowest BCUT2D eigenvalue weighted by molar-refractivity contribution is -0.384. The van der Waals surface area contributed by atoms with Crippen LogP contribution in [0.3, 0.4) is 0 Å². The predicted molar refractivity (Wildman–Crippen MR) is 106 cm³/mol. The molecule has 0 spiro atoms. The summed E-state index contributed by atoms with van der Waals surface area (Å²) in [6.07, 6.45) is 7.03. The predicted octanol–water partition coefficient (Wildman–Crippen LogP) is 1.91. The van der Waals surface area contributed by atoms with Crippen LogP contribution >= 0.6 is 0 Å². The first-order valence-electron chi connectivity index (χ1n) is 9.01. The topological polar surface area (TPSA) is 126 Å². The highest BCUT2D eigenvalue weighted by molar-refractivity contribution is 7.90. The van der Waals surface area contributed by atoms with Crippen molar-refractivity contribution in [3.05, 3.63) is 28.3 Å². The van der Waals surface area contributed by atoms with Gasteiger partial charge in [-0.2, -0.15) is 0 Å². The molecule has 0 amide bonds. The molecule has 27 heavy (non-hydrogen) atoms. The Kier molecular flexibility index (Phi) is 7.40. The maximum atomic E-state index is 11.6. The van der Waals surface area contributed by atoms with E-state index in [1.54, 1.807) is 7.05 Å². The highest BCUT2D eigenvalue weighted by Gasteiger charge is 2.18. The average molecular weight is 398 g/mol. The zero-order chi connectivity index (χ0) is 19.9. The monoisotopic (exact) mass is 397 g/mol. The smallest absolute Gasteiger partial charge is 0.293 e. The summed E-state index contributed by atoms with van der Waals surface area (Å²) in [5.41, 5.74) is 0.0204. The van der Waals surface area contributed by atoms with Crippen LogP contribution in [0.1, 0.15) is 32.1 Å². The number of anilines is 1. The van der Waals surface area contributed by atoms with E-state index in [1.165, 1.54) is 31.4 Å². The molecule has 2 rings (SSSR count). The number of aliphatic imine (C=N–C) groups is 1. The molecule has 1 aliphatic carbocycles. The van der Waals surface area contributed by atoms with Crippen molar-refractivity contribution in [3.8, 4) is 0 Å². The lowest BCUT2D eigenvalue weighted by Gasteiger charge is -2.24. The minimum atomic E-state index is -3.50. The molecule has 0 aliphatic heterocycles. The second-order valence-corrected chi connectivity index (χ2v) is 8.63. The molecule has 0 atom stereocenters. The second kappa shape index (κ2) is 9.54. The molecule has 0 aromatic heterocycles. The standard InChI is InChI=1S/C17H27N5O4S/c1-18-17(21-13-6-4-3-5-7-13)20-11-10-19-15-9-8-14(27(2,25)26)12-16(15)22(23)24/h8-9,12-13,19H,3-7,10-11H2,1-2H3,(H2,18,20,21). The number of hydrogen-bond donors (Lipinski definition) is 3. The number of rotatable bonds is 7. The molecule has 1 aromatic rings. The molecular weight excluding hydrogens is 370 g/mol. The normalized spacial score (nSPS) is 16.0. The number of nitrogens with zero attached hydrogens (tertiary/aromatic N) is 2. The lowest BCUT2D eigenvalue weighted by atomic mass is 9.96. The quantitative estimate of drug-likeness (QED) is 0.211. The summed E-state index contributed by atoms with van der Waals surface area (Å²) in [4.78, 5) is 14.8. The van der Waals surface area contributed by atoms with E-state index in [4.69, 9.17) is 0 Å². The van der Waals surface area contributed by atoms with Gasteiger partial charge in [-0.15, -0.1) is 0 Å². The number of benzene rings is 1. The van der Waals surface area contributed by atoms with E-state index in [-0.39, 0.29) is 16.3 Å². The zero-order valence-corrected chi connectivity index (χ0v) is 16.5. The molecule has 1 aromatic carbocycles. The van der Waals surface area contributed by atoms with E-state index in [9.17, 15) is 18.5 Å². The van der Waals surface area contributed by atoms with Crippen molar-refractivity contribution in [2.75, 3.05) is 31.7 Å². The Hall–Kier alpha value is -2.36. The van der Waals surface area contributed by atoms with Crippen molar-refractivity contribution < 1.29 is 13.3 Å². The van der Waals surface area contributed by atoms with E-state index in [0.29, 0.717) is 25.1 Å². The van der Waals surface area contributed by atoms with Gasteiger partial charge in [0, 0.05) is 38.5 Å². The first-order valence-corrected chi connectivity index (χ1v) is 10.9. The first kappa shape index (κ1) is 20.9. The zero-order valence-electron chi connectivity index (χ0n) is 15.7. The molecule has 9 nitrogen and oxygen atoms in total. The first-order chi connectivity index (χ1) is 12.8. The summed E-state index contributed by atoms with van der Waals surface area (Å²) in [5, 5.41) is 20.8. The third-order valence-corrected chi connectivity index (χ3v) is 5.61. The third kappa shape index (κ3) is 6.38. The summed E-state index contributed by atoms with van der Waals surface area (Å²) in [5.74, 6) is 0.714. The largest absolute Gasteiger partial charge is 0.378 e. The molecule has 0 bridgehead atoms. The minimum absolute atomic E-state index is 0.0741. The van der Waals surface area contributed by atoms with E-state index in [2.05, 4.69) is 20.9 Å². The van der Waals surface area contributed by atoms with Crippen LogP contribution in [0.25, 0.3) is 0 Å². The van der Waals surface area contributed by atoms with Crippen molar-refractivity contribution in [2.45, 2.75) is 43.0 Å². The summed E-state index contributed by atoms with van der Waals surface area (Å²) in [7, 11) is -1.79. The van der Waals surface area contributed by atoms with Gasteiger partial charge in [-0.1, -0.05) is 19.3 Å². The van der Waals surface area contributed by atoms with E-state index in [1.807, 2.05) is 0 Å². The van der Waals surface area contributed by atoms with Gasteiger partial charge in [-0.05, 0) is 25.0 Å². The number of hydrogen-bond acceptors (Lipinski definition) is 6. The van der Waals surface area contributed by atoms with Crippen molar-refractivity contribution in [3.63, 3.8) is 0 Å². The van der Waals surface area contributed by atoms with Gasteiger partial charge in [0.25, 0.3) is 5.69 Å². The van der Waals surface area contributed by atoms with Crippen LogP contribution in [-0.2, 0) is 9.84 Å². The van der Waals surface area contributed by atoms with Gasteiger partial charge in [0.05, 0.1) is 9.82 Å². The lowest BCUT2D eigenvalue weighted by Crippen LogP contribution is -2.45. The molecule has 0 saturated heterocycles. The molecular formula is C17H27N5O4S. The van der Waals surface area contributed by atoms with Crippen molar-refractivity contribution >= 4 is 27.2 Å². The van der Waals surface area contributed by atoms with Gasteiger partial charge in [0.1, 0.15) is 5.69 Å². The van der Waals surface area contributed by atoms with E-state index >= 15 is 0 Å². The van der Waals surface area contributed by atoms with Crippen molar-refractivity contribution in [1.29, 1.82) is 0 Å². The number of nitrogens with one attached hydrogen (secondary N) is 3. The number of nitro benzene ring substituents is 1. The Balaban J connectivity index is 1.89. The Morgan fingerprint density at radius 3 is 2.56 bits per heavy atom. The summed E-state index contributed by atoms with van der Waals surface area (Å²) < 4.78 is 23.2. The Labute approximate surface area is 159 Å². The van der Waals surface area contributed by atoms with Crippen LogP contribution in [0, 0.1) is 10.1 Å². The SMILES string of the molecule is CN=C(NCCNc1ccc(S(C)(=O)=O)cc1[N+](=O)[O-])NC1CCCCC1. The maximum absolute atomic E-state index is 11.6. The third-order valence-electron chi connectivity index (χ3n) is 4.50. The number of sulfone groups is 1. The number of guanidine groups is 1. The molecule has 3 N–H and O–H groups in total. The average Bonchev–Trinajstić information content (AvgIpc) is 2.64. The van der Waals surface area contributed by atoms with Gasteiger partial charge in [-0.3, -0.25) is 15.1 Å². The van der Waals surface area contributed by atoms with Crippen LogP contribution in [0.15, 0.2) is 28.1 Å². The van der Waals surface area contributed by atoms with Crippen molar-refractivity contribution in [1.82, 2.24) is 10.6 Å². The van der Waals surface area contributed by atoms with Gasteiger partial charge in [0.15, 0.2) is 15.8 Å². The van der Waals surface area contributed by atoms with Gasteiger partial charge < -0.3 is 16.0 Å². The Bertz CT molecular complexity index is 789. The fourth-order valence-corrected chi connectivity index (χ4v) is 3.70. The molecule has 10 heteroatoms. The second-order valence-electron chi connectivity index (χ2n) is 6.61. The van der Waals surface area contributed by atoms with Crippen molar-refractivity contribution in [2.24, 2.45) is 4.99 Å². The highest BCUT2D eigenvalue weighted by Crippen LogP contribution is 2.27. The molecule has 1 aliphatic rings. The van der Waals surface area contributed by atoms with Crippen LogP contribution < -0.4 is 16.0 Å². The number of nitro groups is 1. The Morgan fingerprint density at radius 1 is 1.26 bits per heavy atom. The minimum Gasteiger partial charge on any atom is -0.378 e. The van der Waals surface area contributed by atoms with E-state index in [0.717, 1.165) is 25.2 Å². The van der Waals surface area contributed by atoms with E-state index < -0.39 is 14.8 Å².